The summed E-state index contributed by atoms with van der Waals surface area (Å²) in [6.07, 6.45) is 0. The number of ether oxygens (including phenoxy) is 1. The predicted octanol–water partition coefficient (Wildman–Crippen LogP) is 1.45. The topological polar surface area (TPSA) is 76.0 Å². The average Bonchev–Trinajstić information content (AvgIpc) is 1.94. The number of fused-ring (bicyclic) bond motifs is 1. The number of benzene rings is 1. The molecule has 12 heavy (non-hydrogen) atoms. The average molecular weight is 170 g/mol. The second-order valence-corrected chi connectivity index (χ2v) is 2.27. The van der Waals surface area contributed by atoms with Crippen molar-refractivity contribution < 1.29 is 24.1 Å². The van der Waals surface area contributed by atoms with Gasteiger partial charge in [0.2, 0.25) is 5.75 Å². The van der Waals surface area contributed by atoms with E-state index in [1.54, 1.807) is 0 Å². The quantitative estimate of drug-likeness (QED) is 0.633. The maximum atomic E-state index is 9.21. The highest BCUT2D eigenvalue weighted by Gasteiger charge is 2.20. The number of hydrogen-bond acceptors (Lipinski definition) is 5. The minimum Gasteiger partial charge on any atom is -0.504 e. The Bertz CT molecular complexity index is 411. The zero-order chi connectivity index (χ0) is 8.72. The lowest BCUT2D eigenvalue weighted by molar-refractivity contribution is 0.0536. The zero-order valence-corrected chi connectivity index (χ0v) is 6.20. The molecule has 0 aliphatic heterocycles. The van der Waals surface area contributed by atoms with Crippen molar-refractivity contribution in [1.29, 1.82) is 0 Å². The van der Waals surface area contributed by atoms with Crippen LogP contribution in [0.2, 0.25) is 0 Å². The fraction of sp³-hybridized carbons (Fsp3) is 0.143. The molecule has 5 nitrogen and oxygen atoms in total. The summed E-state index contributed by atoms with van der Waals surface area (Å²) in [6, 6.07) is 1.13. The van der Waals surface area contributed by atoms with Crippen LogP contribution in [0.3, 0.4) is 0 Å². The first kappa shape index (κ1) is 6.90. The number of phenols is 2. The molecule has 64 valence electrons. The van der Waals surface area contributed by atoms with E-state index < -0.39 is 0 Å². The molecule has 0 saturated carbocycles. The van der Waals surface area contributed by atoms with Crippen LogP contribution in [-0.4, -0.2) is 17.3 Å². The molecule has 1 aromatic carbocycles. The zero-order valence-electron chi connectivity index (χ0n) is 6.20. The van der Waals surface area contributed by atoms with Gasteiger partial charge >= 0.3 is 0 Å². The van der Waals surface area contributed by atoms with E-state index in [0.29, 0.717) is 0 Å². The summed E-state index contributed by atoms with van der Waals surface area (Å²) in [5, 5.41) is 18.3. The molecule has 0 atom stereocenters. The number of hydrogen-bond donors (Lipinski definition) is 2. The van der Waals surface area contributed by atoms with Gasteiger partial charge in [-0.2, -0.15) is 0 Å². The Morgan fingerprint density at radius 1 is 1.17 bits per heavy atom. The number of rotatable bonds is 1. The molecule has 5 heteroatoms. The van der Waals surface area contributed by atoms with Crippen LogP contribution in [0.4, 0.5) is 0 Å². The van der Waals surface area contributed by atoms with E-state index >= 15 is 0 Å². The number of phenolic OH excluding ortho intramolecular Hbond substituents is 2. The van der Waals surface area contributed by atoms with E-state index in [2.05, 4.69) is 9.15 Å². The van der Waals surface area contributed by atoms with E-state index in [1.165, 1.54) is 7.11 Å². The lowest BCUT2D eigenvalue weighted by atomic mass is 10.2. The van der Waals surface area contributed by atoms with Crippen molar-refractivity contribution in [3.8, 4) is 17.2 Å². The Labute approximate surface area is 66.7 Å². The fourth-order valence-corrected chi connectivity index (χ4v) is 0.999. The molecule has 0 aliphatic rings. The molecule has 0 unspecified atom stereocenters. The summed E-state index contributed by atoms with van der Waals surface area (Å²) in [5.41, 5.74) is 0.402. The Morgan fingerprint density at radius 2 is 1.83 bits per heavy atom. The van der Waals surface area contributed by atoms with Crippen LogP contribution in [0.15, 0.2) is 15.2 Å². The van der Waals surface area contributed by atoms with E-state index in [1.807, 2.05) is 0 Å². The Hall–Kier alpha value is -1.78. The first-order valence-electron chi connectivity index (χ1n) is 3.21. The molecular formula is C7H6O5. The van der Waals surface area contributed by atoms with Crippen LogP contribution >= 0.6 is 0 Å². The van der Waals surface area contributed by atoms with Gasteiger partial charge in [0.25, 0.3) is 11.2 Å². The summed E-state index contributed by atoms with van der Waals surface area (Å²) < 4.78 is 13.8. The SMILES string of the molecule is COc1c(O)cc(O)c2ooc12. The molecule has 1 aromatic heterocycles. The lowest BCUT2D eigenvalue weighted by Crippen LogP contribution is -1.87. The minimum atomic E-state index is -0.183. The smallest absolute Gasteiger partial charge is 0.275 e. The molecule has 0 aliphatic carbocycles. The molecule has 2 aromatic rings. The standard InChI is InChI=1S/C7H6O5/c1-10-5-3(8)2-4(9)6-7(5)12-11-6/h2,8-9H,1H3. The van der Waals surface area contributed by atoms with Crippen molar-refractivity contribution in [2.45, 2.75) is 0 Å². The molecule has 0 fully saturated rings. The van der Waals surface area contributed by atoms with Crippen molar-refractivity contribution in [2.24, 2.45) is 0 Å². The third kappa shape index (κ3) is 0.674. The van der Waals surface area contributed by atoms with Gasteiger partial charge in [0.1, 0.15) is 0 Å². The van der Waals surface area contributed by atoms with Crippen LogP contribution in [0.5, 0.6) is 17.2 Å². The Morgan fingerprint density at radius 3 is 2.33 bits per heavy atom. The summed E-state index contributed by atoms with van der Waals surface area (Å²) in [6.45, 7) is 0. The molecule has 0 saturated heterocycles. The minimum absolute atomic E-state index is 0.161. The Kier molecular flexibility index (Phi) is 1.21. The van der Waals surface area contributed by atoms with Gasteiger partial charge in [-0.1, -0.05) is 0 Å². The molecule has 0 amide bonds. The van der Waals surface area contributed by atoms with Crippen LogP contribution in [0.25, 0.3) is 11.2 Å². The van der Waals surface area contributed by atoms with Gasteiger partial charge in [0.05, 0.1) is 7.11 Å². The van der Waals surface area contributed by atoms with Gasteiger partial charge in [0, 0.05) is 6.07 Å². The van der Waals surface area contributed by atoms with Crippen LogP contribution in [0.1, 0.15) is 0 Å². The van der Waals surface area contributed by atoms with E-state index in [0.717, 1.165) is 6.07 Å². The third-order valence-electron chi connectivity index (χ3n) is 1.56. The maximum absolute atomic E-state index is 9.21. The third-order valence-corrected chi connectivity index (χ3v) is 1.56. The maximum Gasteiger partial charge on any atom is 0.275 e. The van der Waals surface area contributed by atoms with Crippen LogP contribution in [-0.2, 0) is 0 Å². The molecule has 1 heterocycles. The second-order valence-electron chi connectivity index (χ2n) is 2.27. The van der Waals surface area contributed by atoms with Crippen molar-refractivity contribution in [1.82, 2.24) is 0 Å². The van der Waals surface area contributed by atoms with Crippen LogP contribution < -0.4 is 4.74 Å². The van der Waals surface area contributed by atoms with Gasteiger partial charge in [-0.3, -0.25) is 9.15 Å². The first-order chi connectivity index (χ1) is 5.74. The second kappa shape index (κ2) is 2.10. The first-order valence-corrected chi connectivity index (χ1v) is 3.21. The van der Waals surface area contributed by atoms with Crippen LogP contribution in [0, 0.1) is 0 Å². The lowest BCUT2D eigenvalue weighted by Gasteiger charge is -2.07. The van der Waals surface area contributed by atoms with Crippen molar-refractivity contribution in [3.63, 3.8) is 0 Å². The monoisotopic (exact) mass is 170 g/mol. The fourth-order valence-electron chi connectivity index (χ4n) is 0.999. The largest absolute Gasteiger partial charge is 0.504 e. The summed E-state index contributed by atoms with van der Waals surface area (Å²) in [4.78, 5) is 0. The van der Waals surface area contributed by atoms with Gasteiger partial charge < -0.3 is 14.9 Å². The highest BCUT2D eigenvalue weighted by molar-refractivity contribution is 5.86. The molecule has 2 N–H and O–H groups in total. The van der Waals surface area contributed by atoms with E-state index in [4.69, 9.17) is 9.84 Å². The van der Waals surface area contributed by atoms with Gasteiger partial charge in [0.15, 0.2) is 11.5 Å². The van der Waals surface area contributed by atoms with Crippen molar-refractivity contribution in [3.05, 3.63) is 6.07 Å². The normalized spacial score (nSPS) is 10.8. The molecular weight excluding hydrogens is 164 g/mol. The summed E-state index contributed by atoms with van der Waals surface area (Å²) in [5.74, 6) is -0.194. The molecule has 0 radical (unpaired) electrons. The Balaban J connectivity index is 2.77. The summed E-state index contributed by atoms with van der Waals surface area (Å²) in [7, 11) is 1.38. The highest BCUT2D eigenvalue weighted by Crippen LogP contribution is 2.42. The van der Waals surface area contributed by atoms with Gasteiger partial charge in [-0.15, -0.1) is 0 Å². The predicted molar refractivity (Wildman–Crippen MR) is 38.4 cm³/mol. The van der Waals surface area contributed by atoms with Crippen molar-refractivity contribution in [2.75, 3.05) is 7.11 Å². The summed E-state index contributed by atoms with van der Waals surface area (Å²) >= 11 is 0. The molecule has 0 spiro atoms. The molecule has 0 bridgehead atoms. The number of aromatic hydroxyl groups is 2. The van der Waals surface area contributed by atoms with Gasteiger partial charge in [-0.05, 0) is 0 Å². The molecule has 2 rings (SSSR count). The van der Waals surface area contributed by atoms with Gasteiger partial charge in [-0.25, -0.2) is 0 Å². The highest BCUT2D eigenvalue weighted by atomic mass is 17.0. The number of methoxy groups -OCH3 is 1. The van der Waals surface area contributed by atoms with E-state index in [-0.39, 0.29) is 28.4 Å². The van der Waals surface area contributed by atoms with Crippen molar-refractivity contribution >= 4 is 11.2 Å². The van der Waals surface area contributed by atoms with E-state index in [9.17, 15) is 5.11 Å².